The average Bonchev–Trinajstić information content (AvgIpc) is 2.33. The normalized spacial score (nSPS) is 18.1. The summed E-state index contributed by atoms with van der Waals surface area (Å²) in [6.45, 7) is 3.62. The molecule has 0 bridgehead atoms. The molecule has 0 aromatic carbocycles. The Balaban J connectivity index is 2.59. The summed E-state index contributed by atoms with van der Waals surface area (Å²) in [6, 6.07) is 3.26. The first-order chi connectivity index (χ1) is 6.52. The average molecular weight is 213 g/mol. The third-order valence-electron chi connectivity index (χ3n) is 1.96. The zero-order valence-electron chi connectivity index (χ0n) is 7.93. The van der Waals surface area contributed by atoms with E-state index in [0.29, 0.717) is 11.5 Å². The largest absolute Gasteiger partial charge is 0.325 e. The maximum atomic E-state index is 11.6. The van der Waals surface area contributed by atoms with Gasteiger partial charge in [-0.1, -0.05) is 0 Å². The Morgan fingerprint density at radius 2 is 2.21 bits per heavy atom. The van der Waals surface area contributed by atoms with E-state index < -0.39 is 10.2 Å². The highest BCUT2D eigenvalue weighted by atomic mass is 32.2. The summed E-state index contributed by atoms with van der Waals surface area (Å²) in [4.78, 5) is 4.04. The van der Waals surface area contributed by atoms with E-state index in [2.05, 4.69) is 9.71 Å². The number of pyridine rings is 1. The minimum atomic E-state index is -3.42. The number of anilines is 2. The van der Waals surface area contributed by atoms with Crippen molar-refractivity contribution in [3.63, 3.8) is 0 Å². The van der Waals surface area contributed by atoms with Crippen LogP contribution < -0.4 is 9.03 Å². The lowest BCUT2D eigenvalue weighted by atomic mass is 10.3. The zero-order valence-corrected chi connectivity index (χ0v) is 8.75. The van der Waals surface area contributed by atoms with Crippen LogP contribution in [0.4, 0.5) is 11.5 Å². The number of rotatable bonds is 1. The van der Waals surface area contributed by atoms with E-state index in [1.807, 2.05) is 13.8 Å². The lowest BCUT2D eigenvalue weighted by molar-refractivity contribution is 0.592. The Kier molecular flexibility index (Phi) is 1.88. The molecule has 0 fully saturated rings. The summed E-state index contributed by atoms with van der Waals surface area (Å²) in [5.74, 6) is 0.475. The van der Waals surface area contributed by atoms with E-state index in [4.69, 9.17) is 0 Å². The van der Waals surface area contributed by atoms with Gasteiger partial charge in [0.2, 0.25) is 0 Å². The van der Waals surface area contributed by atoms with Crippen LogP contribution in [0.25, 0.3) is 0 Å². The molecule has 0 aliphatic carbocycles. The van der Waals surface area contributed by atoms with Crippen LogP contribution in [0.5, 0.6) is 0 Å². The van der Waals surface area contributed by atoms with Crippen molar-refractivity contribution in [1.29, 1.82) is 0 Å². The van der Waals surface area contributed by atoms with E-state index in [0.717, 1.165) is 0 Å². The van der Waals surface area contributed by atoms with Crippen molar-refractivity contribution in [2.75, 3.05) is 9.03 Å². The van der Waals surface area contributed by atoms with E-state index in [-0.39, 0.29) is 6.04 Å². The summed E-state index contributed by atoms with van der Waals surface area (Å²) in [5, 5.41) is 0. The standard InChI is InChI=1S/C8H11N3O2S/c1-6(2)11-8-7(4-3-5-9-8)10-14(11,12)13/h3-6,10H,1-2H3. The van der Waals surface area contributed by atoms with E-state index >= 15 is 0 Å². The third-order valence-corrected chi connectivity index (χ3v) is 3.55. The van der Waals surface area contributed by atoms with Crippen LogP contribution in [-0.2, 0) is 10.2 Å². The molecule has 0 spiro atoms. The van der Waals surface area contributed by atoms with Crippen molar-refractivity contribution in [2.45, 2.75) is 19.9 Å². The molecular formula is C8H11N3O2S. The van der Waals surface area contributed by atoms with Gasteiger partial charge in [0.05, 0.1) is 5.69 Å². The fourth-order valence-corrected chi connectivity index (χ4v) is 2.94. The van der Waals surface area contributed by atoms with Crippen molar-refractivity contribution in [2.24, 2.45) is 0 Å². The molecule has 1 aliphatic heterocycles. The third kappa shape index (κ3) is 1.22. The molecule has 0 amide bonds. The summed E-state index contributed by atoms with van der Waals surface area (Å²) in [6.07, 6.45) is 1.58. The van der Waals surface area contributed by atoms with Gasteiger partial charge in [-0.25, -0.2) is 9.29 Å². The monoisotopic (exact) mass is 213 g/mol. The number of hydrogen-bond donors (Lipinski definition) is 1. The highest BCUT2D eigenvalue weighted by Gasteiger charge is 2.35. The molecule has 0 radical (unpaired) electrons. The van der Waals surface area contributed by atoms with Crippen molar-refractivity contribution in [3.8, 4) is 0 Å². The fraction of sp³-hybridized carbons (Fsp3) is 0.375. The highest BCUT2D eigenvalue weighted by Crippen LogP contribution is 2.34. The Hall–Kier alpha value is -1.30. The lowest BCUT2D eigenvalue weighted by Gasteiger charge is -2.19. The van der Waals surface area contributed by atoms with Crippen LogP contribution in [0.1, 0.15) is 13.8 Å². The molecule has 76 valence electrons. The van der Waals surface area contributed by atoms with Gasteiger partial charge in [0, 0.05) is 12.2 Å². The van der Waals surface area contributed by atoms with Gasteiger partial charge in [-0.15, -0.1) is 0 Å². The van der Waals surface area contributed by atoms with Crippen LogP contribution in [0.2, 0.25) is 0 Å². The second kappa shape index (κ2) is 2.84. The maximum Gasteiger partial charge on any atom is 0.325 e. The summed E-state index contributed by atoms with van der Waals surface area (Å²) >= 11 is 0. The van der Waals surface area contributed by atoms with Crippen LogP contribution in [0.15, 0.2) is 18.3 Å². The number of fused-ring (bicyclic) bond motifs is 1. The predicted octanol–water partition coefficient (Wildman–Crippen LogP) is 0.967. The predicted molar refractivity (Wildman–Crippen MR) is 54.4 cm³/mol. The highest BCUT2D eigenvalue weighted by molar-refractivity contribution is 7.94. The van der Waals surface area contributed by atoms with E-state index in [1.54, 1.807) is 18.3 Å². The minimum absolute atomic E-state index is 0.136. The Labute approximate surface area is 82.9 Å². The van der Waals surface area contributed by atoms with Gasteiger partial charge in [-0.05, 0) is 26.0 Å². The van der Waals surface area contributed by atoms with Gasteiger partial charge < -0.3 is 0 Å². The molecule has 5 nitrogen and oxygen atoms in total. The second-order valence-corrected chi connectivity index (χ2v) is 4.92. The summed E-state index contributed by atoms with van der Waals surface area (Å²) in [7, 11) is -3.42. The van der Waals surface area contributed by atoms with Crippen molar-refractivity contribution >= 4 is 21.7 Å². The molecule has 0 saturated carbocycles. The van der Waals surface area contributed by atoms with Crippen LogP contribution in [0, 0.1) is 0 Å². The molecule has 1 N–H and O–H groups in total. The van der Waals surface area contributed by atoms with Gasteiger partial charge in [0.15, 0.2) is 5.82 Å². The lowest BCUT2D eigenvalue weighted by Crippen LogP contribution is -2.36. The number of hydrogen-bond acceptors (Lipinski definition) is 3. The number of nitrogens with one attached hydrogen (secondary N) is 1. The summed E-state index contributed by atoms with van der Waals surface area (Å²) in [5.41, 5.74) is 0.543. The zero-order chi connectivity index (χ0) is 10.3. The van der Waals surface area contributed by atoms with Gasteiger partial charge in [0.25, 0.3) is 0 Å². The fourth-order valence-electron chi connectivity index (χ4n) is 1.48. The van der Waals surface area contributed by atoms with E-state index in [9.17, 15) is 8.42 Å². The molecule has 0 unspecified atom stereocenters. The van der Waals surface area contributed by atoms with Crippen molar-refractivity contribution in [1.82, 2.24) is 4.98 Å². The molecular weight excluding hydrogens is 202 g/mol. The van der Waals surface area contributed by atoms with Crippen LogP contribution in [-0.4, -0.2) is 19.4 Å². The quantitative estimate of drug-likeness (QED) is 0.756. The smallest absolute Gasteiger partial charge is 0.263 e. The molecule has 2 heterocycles. The molecule has 2 rings (SSSR count). The van der Waals surface area contributed by atoms with Gasteiger partial charge >= 0.3 is 10.2 Å². The first-order valence-electron chi connectivity index (χ1n) is 4.29. The van der Waals surface area contributed by atoms with Crippen molar-refractivity contribution < 1.29 is 8.42 Å². The second-order valence-electron chi connectivity index (χ2n) is 3.37. The molecule has 1 aliphatic rings. The summed E-state index contributed by atoms with van der Waals surface area (Å²) < 4.78 is 27.0. The first kappa shape index (κ1) is 9.26. The van der Waals surface area contributed by atoms with Gasteiger partial charge in [0.1, 0.15) is 0 Å². The Morgan fingerprint density at radius 1 is 1.50 bits per heavy atom. The molecule has 0 atom stereocenters. The maximum absolute atomic E-state index is 11.6. The SMILES string of the molecule is CC(C)N1c2ncccc2NS1(=O)=O. The Bertz CT molecular complexity index is 455. The van der Waals surface area contributed by atoms with Crippen LogP contribution >= 0.6 is 0 Å². The Morgan fingerprint density at radius 3 is 2.86 bits per heavy atom. The molecule has 14 heavy (non-hydrogen) atoms. The van der Waals surface area contributed by atoms with Gasteiger partial charge in [-0.2, -0.15) is 8.42 Å². The molecule has 6 heteroatoms. The first-order valence-corrected chi connectivity index (χ1v) is 5.73. The van der Waals surface area contributed by atoms with E-state index in [1.165, 1.54) is 4.31 Å². The molecule has 0 saturated heterocycles. The number of aromatic nitrogens is 1. The van der Waals surface area contributed by atoms with Crippen molar-refractivity contribution in [3.05, 3.63) is 18.3 Å². The minimum Gasteiger partial charge on any atom is -0.263 e. The van der Waals surface area contributed by atoms with Gasteiger partial charge in [-0.3, -0.25) is 4.72 Å². The molecule has 1 aromatic heterocycles. The van der Waals surface area contributed by atoms with Crippen LogP contribution in [0.3, 0.4) is 0 Å². The number of nitrogens with zero attached hydrogens (tertiary/aromatic N) is 2. The topological polar surface area (TPSA) is 62.3 Å². The molecule has 1 aromatic rings.